The second-order valence-corrected chi connectivity index (χ2v) is 8.08. The van der Waals surface area contributed by atoms with E-state index < -0.39 is 0 Å². The number of hydrogen-bond donors (Lipinski definition) is 0. The highest BCUT2D eigenvalue weighted by atomic mass is 16.5. The molecule has 3 aromatic rings. The third-order valence-electron chi connectivity index (χ3n) is 6.22. The highest BCUT2D eigenvalue weighted by Crippen LogP contribution is 2.32. The zero-order valence-corrected chi connectivity index (χ0v) is 16.8. The minimum Gasteiger partial charge on any atom is -0.339 e. The van der Waals surface area contributed by atoms with Gasteiger partial charge in [0, 0.05) is 43.4 Å². The van der Waals surface area contributed by atoms with Crippen LogP contribution in [0, 0.1) is 19.8 Å². The number of nitrogens with zero attached hydrogens (tertiary/aromatic N) is 4. The number of carbonyl (C=O) groups excluding carboxylic acids is 1. The van der Waals surface area contributed by atoms with E-state index in [-0.39, 0.29) is 11.8 Å². The van der Waals surface area contributed by atoms with Gasteiger partial charge in [0.25, 0.3) is 0 Å². The van der Waals surface area contributed by atoms with Crippen LogP contribution in [0.4, 0.5) is 0 Å². The van der Waals surface area contributed by atoms with E-state index in [0.29, 0.717) is 18.3 Å². The molecule has 1 atom stereocenters. The van der Waals surface area contributed by atoms with Crippen LogP contribution >= 0.6 is 0 Å². The lowest BCUT2D eigenvalue weighted by atomic mass is 9.82. The van der Waals surface area contributed by atoms with Crippen molar-refractivity contribution in [2.45, 2.75) is 46.1 Å². The Morgan fingerprint density at radius 1 is 1.14 bits per heavy atom. The summed E-state index contributed by atoms with van der Waals surface area (Å²) in [6.07, 6.45) is 5.45. The Labute approximate surface area is 170 Å². The van der Waals surface area contributed by atoms with Gasteiger partial charge in [-0.3, -0.25) is 9.78 Å². The number of amides is 1. The van der Waals surface area contributed by atoms with E-state index >= 15 is 0 Å². The van der Waals surface area contributed by atoms with Crippen molar-refractivity contribution in [3.8, 4) is 11.4 Å². The monoisotopic (exact) mass is 388 g/mol. The zero-order valence-electron chi connectivity index (χ0n) is 16.8. The standard InChI is InChI=1S/C23H24N4O2/c1-14-21(22-25-15(2)29-26-22)20-9-10-27(13-19(20)12-24-14)23(28)18-8-7-16-5-3-4-6-17(16)11-18/h3-6,12,18H,7-11,13H2,1-2H3/t18-/m0/s1. The van der Waals surface area contributed by atoms with E-state index in [2.05, 4.69) is 39.4 Å². The van der Waals surface area contributed by atoms with Crippen LogP contribution in [0.15, 0.2) is 35.0 Å². The maximum atomic E-state index is 13.3. The molecule has 1 aromatic carbocycles. The van der Waals surface area contributed by atoms with Crippen molar-refractivity contribution < 1.29 is 9.32 Å². The summed E-state index contributed by atoms with van der Waals surface area (Å²) in [5, 5.41) is 4.10. The van der Waals surface area contributed by atoms with Gasteiger partial charge >= 0.3 is 0 Å². The van der Waals surface area contributed by atoms with Crippen LogP contribution in [0.5, 0.6) is 0 Å². The summed E-state index contributed by atoms with van der Waals surface area (Å²) < 4.78 is 5.18. The van der Waals surface area contributed by atoms with Crippen LogP contribution < -0.4 is 0 Å². The first kappa shape index (κ1) is 18.0. The van der Waals surface area contributed by atoms with Crippen LogP contribution in [0.25, 0.3) is 11.4 Å². The quantitative estimate of drug-likeness (QED) is 0.672. The Morgan fingerprint density at radius 3 is 2.76 bits per heavy atom. The van der Waals surface area contributed by atoms with Crippen molar-refractivity contribution >= 4 is 5.91 Å². The van der Waals surface area contributed by atoms with Crippen molar-refractivity contribution in [2.75, 3.05) is 6.54 Å². The van der Waals surface area contributed by atoms with Crippen molar-refractivity contribution in [2.24, 2.45) is 5.92 Å². The summed E-state index contributed by atoms with van der Waals surface area (Å²) in [6.45, 7) is 5.08. The molecule has 1 aliphatic heterocycles. The van der Waals surface area contributed by atoms with E-state index in [9.17, 15) is 4.79 Å². The summed E-state index contributed by atoms with van der Waals surface area (Å²) in [7, 11) is 0. The number of aromatic nitrogens is 3. The molecule has 2 aromatic heterocycles. The number of pyridine rings is 1. The van der Waals surface area contributed by atoms with Crippen LogP contribution in [-0.4, -0.2) is 32.5 Å². The fraction of sp³-hybridized carbons (Fsp3) is 0.391. The van der Waals surface area contributed by atoms with Gasteiger partial charge in [0.2, 0.25) is 17.6 Å². The van der Waals surface area contributed by atoms with Crippen molar-refractivity contribution in [1.29, 1.82) is 0 Å². The number of rotatable bonds is 2. The third-order valence-corrected chi connectivity index (χ3v) is 6.22. The van der Waals surface area contributed by atoms with Gasteiger partial charge in [0.1, 0.15) is 0 Å². The lowest BCUT2D eigenvalue weighted by Crippen LogP contribution is -2.41. The number of aryl methyl sites for hydroxylation is 3. The second kappa shape index (κ2) is 7.10. The number of benzene rings is 1. The first-order valence-electron chi connectivity index (χ1n) is 10.2. The van der Waals surface area contributed by atoms with Gasteiger partial charge in [-0.05, 0) is 54.9 Å². The van der Waals surface area contributed by atoms with Gasteiger partial charge < -0.3 is 9.42 Å². The summed E-state index contributed by atoms with van der Waals surface area (Å²) in [6, 6.07) is 8.49. The predicted octanol–water partition coefficient (Wildman–Crippen LogP) is 3.44. The zero-order chi connectivity index (χ0) is 20.0. The first-order chi connectivity index (χ1) is 14.1. The van der Waals surface area contributed by atoms with Gasteiger partial charge in [-0.2, -0.15) is 4.98 Å². The first-order valence-corrected chi connectivity index (χ1v) is 10.2. The molecule has 6 heteroatoms. The Hall–Kier alpha value is -3.02. The number of fused-ring (bicyclic) bond motifs is 2. The molecule has 0 saturated heterocycles. The molecule has 0 N–H and O–H groups in total. The summed E-state index contributed by atoms with van der Waals surface area (Å²) in [4.78, 5) is 24.2. The average molecular weight is 388 g/mol. The summed E-state index contributed by atoms with van der Waals surface area (Å²) in [5.74, 6) is 1.47. The molecule has 1 aliphatic carbocycles. The average Bonchev–Trinajstić information content (AvgIpc) is 3.18. The minimum atomic E-state index is 0.0733. The van der Waals surface area contributed by atoms with Crippen LogP contribution in [-0.2, 0) is 30.6 Å². The predicted molar refractivity (Wildman–Crippen MR) is 108 cm³/mol. The molecular weight excluding hydrogens is 364 g/mol. The molecule has 148 valence electrons. The van der Waals surface area contributed by atoms with Gasteiger partial charge in [-0.1, -0.05) is 29.4 Å². The molecule has 0 saturated carbocycles. The van der Waals surface area contributed by atoms with E-state index in [0.717, 1.165) is 49.0 Å². The van der Waals surface area contributed by atoms with E-state index in [1.54, 1.807) is 6.92 Å². The topological polar surface area (TPSA) is 72.1 Å². The fourth-order valence-electron chi connectivity index (χ4n) is 4.70. The third kappa shape index (κ3) is 3.22. The Morgan fingerprint density at radius 2 is 1.97 bits per heavy atom. The Balaban J connectivity index is 1.38. The smallest absolute Gasteiger partial charge is 0.226 e. The van der Waals surface area contributed by atoms with E-state index in [4.69, 9.17) is 4.52 Å². The summed E-state index contributed by atoms with van der Waals surface area (Å²) >= 11 is 0. The number of hydrogen-bond acceptors (Lipinski definition) is 5. The molecule has 6 nitrogen and oxygen atoms in total. The molecule has 0 fully saturated rings. The fourth-order valence-corrected chi connectivity index (χ4v) is 4.70. The molecule has 5 rings (SSSR count). The largest absolute Gasteiger partial charge is 0.339 e. The van der Waals surface area contributed by atoms with Crippen molar-refractivity contribution in [3.63, 3.8) is 0 Å². The minimum absolute atomic E-state index is 0.0733. The Kier molecular flexibility index (Phi) is 4.42. The highest BCUT2D eigenvalue weighted by Gasteiger charge is 2.31. The Bertz CT molecular complexity index is 1090. The van der Waals surface area contributed by atoms with Gasteiger partial charge in [-0.25, -0.2) is 0 Å². The molecule has 0 unspecified atom stereocenters. The van der Waals surface area contributed by atoms with Crippen LogP contribution in [0.1, 0.15) is 40.3 Å². The molecular formula is C23H24N4O2. The van der Waals surface area contributed by atoms with E-state index in [1.807, 2.05) is 18.0 Å². The molecule has 0 radical (unpaired) electrons. The van der Waals surface area contributed by atoms with Crippen LogP contribution in [0.3, 0.4) is 0 Å². The van der Waals surface area contributed by atoms with Gasteiger partial charge in [0.05, 0.1) is 0 Å². The molecule has 29 heavy (non-hydrogen) atoms. The van der Waals surface area contributed by atoms with Crippen molar-refractivity contribution in [3.05, 3.63) is 64.3 Å². The van der Waals surface area contributed by atoms with Gasteiger partial charge in [0.15, 0.2) is 0 Å². The molecule has 0 bridgehead atoms. The SMILES string of the molecule is Cc1nc(-c2c(C)ncc3c2CCN(C(=O)[C@H]2CCc4ccccc4C2)C3)no1. The second-order valence-electron chi connectivity index (χ2n) is 8.08. The highest BCUT2D eigenvalue weighted by molar-refractivity contribution is 5.80. The maximum absolute atomic E-state index is 13.3. The molecule has 3 heterocycles. The summed E-state index contributed by atoms with van der Waals surface area (Å²) in [5.41, 5.74) is 6.84. The van der Waals surface area contributed by atoms with Gasteiger partial charge in [-0.15, -0.1) is 0 Å². The lowest BCUT2D eigenvalue weighted by Gasteiger charge is -2.34. The number of carbonyl (C=O) groups is 1. The molecule has 0 spiro atoms. The molecule has 2 aliphatic rings. The molecule has 1 amide bonds. The van der Waals surface area contributed by atoms with E-state index in [1.165, 1.54) is 16.7 Å². The normalized spacial score (nSPS) is 18.3. The lowest BCUT2D eigenvalue weighted by molar-refractivity contribution is -0.136. The van der Waals surface area contributed by atoms with Crippen LogP contribution in [0.2, 0.25) is 0 Å². The van der Waals surface area contributed by atoms with Crippen molar-refractivity contribution in [1.82, 2.24) is 20.0 Å². The maximum Gasteiger partial charge on any atom is 0.226 e.